The predicted molar refractivity (Wildman–Crippen MR) is 114 cm³/mol. The SMILES string of the molecule is CCC(C)NC(=O)C1CCC2C(=O)N(CCC(C)C)C3NN(CC(N)=O)C(=O)N3C2C1. The summed E-state index contributed by atoms with van der Waals surface area (Å²) in [4.78, 5) is 54.1. The molecule has 10 nitrogen and oxygen atoms in total. The molecule has 2 aliphatic heterocycles. The topological polar surface area (TPSA) is 128 Å². The van der Waals surface area contributed by atoms with Crippen LogP contribution in [0.5, 0.6) is 0 Å². The molecule has 2 heterocycles. The number of fused-ring (bicyclic) bond motifs is 3. The number of amides is 5. The molecule has 1 aliphatic carbocycles. The lowest BCUT2D eigenvalue weighted by Gasteiger charge is -2.50. The van der Waals surface area contributed by atoms with Crippen molar-refractivity contribution < 1.29 is 19.2 Å². The number of carbonyl (C=O) groups is 4. The molecule has 5 atom stereocenters. The maximum absolute atomic E-state index is 13.4. The molecule has 0 bridgehead atoms. The zero-order chi connectivity index (χ0) is 22.9. The van der Waals surface area contributed by atoms with Gasteiger partial charge in [0.1, 0.15) is 6.54 Å². The molecule has 0 spiro atoms. The number of nitrogens with zero attached hydrogens (tertiary/aromatic N) is 3. The quantitative estimate of drug-likeness (QED) is 0.513. The summed E-state index contributed by atoms with van der Waals surface area (Å²) in [5, 5.41) is 4.22. The number of nitrogens with two attached hydrogens (primary N) is 1. The van der Waals surface area contributed by atoms with E-state index >= 15 is 0 Å². The van der Waals surface area contributed by atoms with Crippen LogP contribution in [-0.2, 0) is 14.4 Å². The van der Waals surface area contributed by atoms with E-state index in [-0.39, 0.29) is 48.3 Å². The molecule has 3 fully saturated rings. The summed E-state index contributed by atoms with van der Waals surface area (Å²) in [6.45, 7) is 8.40. The lowest BCUT2D eigenvalue weighted by atomic mass is 9.75. The lowest BCUT2D eigenvalue weighted by Crippen LogP contribution is -2.67. The summed E-state index contributed by atoms with van der Waals surface area (Å²) in [7, 11) is 0. The Morgan fingerprint density at radius 2 is 1.94 bits per heavy atom. The van der Waals surface area contributed by atoms with Crippen LogP contribution in [0, 0.1) is 17.8 Å². The molecule has 31 heavy (non-hydrogen) atoms. The van der Waals surface area contributed by atoms with Crippen molar-refractivity contribution in [3.63, 3.8) is 0 Å². The zero-order valence-electron chi connectivity index (χ0n) is 19.0. The Bertz CT molecular complexity index is 729. The molecule has 4 N–H and O–H groups in total. The van der Waals surface area contributed by atoms with Gasteiger partial charge in [-0.15, -0.1) is 0 Å². The van der Waals surface area contributed by atoms with Crippen LogP contribution < -0.4 is 16.5 Å². The minimum absolute atomic E-state index is 0.00825. The molecule has 10 heteroatoms. The average Bonchev–Trinajstić information content (AvgIpc) is 3.02. The van der Waals surface area contributed by atoms with Crippen molar-refractivity contribution in [3.8, 4) is 0 Å². The normalized spacial score (nSPS) is 29.1. The first-order valence-corrected chi connectivity index (χ1v) is 11.4. The van der Waals surface area contributed by atoms with E-state index in [1.54, 1.807) is 9.80 Å². The van der Waals surface area contributed by atoms with Crippen molar-refractivity contribution in [3.05, 3.63) is 0 Å². The summed E-state index contributed by atoms with van der Waals surface area (Å²) >= 11 is 0. The van der Waals surface area contributed by atoms with Crippen LogP contribution in [-0.4, -0.2) is 70.0 Å². The highest BCUT2D eigenvalue weighted by molar-refractivity contribution is 5.88. The molecule has 2 saturated heterocycles. The average molecular weight is 437 g/mol. The highest BCUT2D eigenvalue weighted by Crippen LogP contribution is 2.40. The fraction of sp³-hybridized carbons (Fsp3) is 0.810. The van der Waals surface area contributed by atoms with Crippen molar-refractivity contribution in [2.24, 2.45) is 23.5 Å². The van der Waals surface area contributed by atoms with Crippen molar-refractivity contribution in [2.45, 2.75) is 78.2 Å². The Morgan fingerprint density at radius 3 is 2.55 bits per heavy atom. The molecule has 1 saturated carbocycles. The van der Waals surface area contributed by atoms with E-state index in [2.05, 4.69) is 24.6 Å². The van der Waals surface area contributed by atoms with Crippen LogP contribution >= 0.6 is 0 Å². The van der Waals surface area contributed by atoms with Gasteiger partial charge < -0.3 is 16.0 Å². The first kappa shape index (κ1) is 23.3. The number of carbonyl (C=O) groups excluding carboxylic acids is 4. The van der Waals surface area contributed by atoms with Gasteiger partial charge in [-0.25, -0.2) is 9.80 Å². The monoisotopic (exact) mass is 436 g/mol. The minimum atomic E-state index is -0.657. The molecule has 0 aromatic heterocycles. The molecule has 174 valence electrons. The summed E-state index contributed by atoms with van der Waals surface area (Å²) < 4.78 is 0. The van der Waals surface area contributed by atoms with Gasteiger partial charge in [0.2, 0.25) is 17.7 Å². The molecule has 5 unspecified atom stereocenters. The third-order valence-electron chi connectivity index (χ3n) is 6.69. The van der Waals surface area contributed by atoms with Gasteiger partial charge in [0.15, 0.2) is 6.29 Å². The number of primary amides is 1. The van der Waals surface area contributed by atoms with Crippen molar-refractivity contribution in [1.82, 2.24) is 25.6 Å². The number of urea groups is 1. The molecular formula is C21H36N6O4. The Kier molecular flexibility index (Phi) is 7.08. The first-order chi connectivity index (χ1) is 14.6. The van der Waals surface area contributed by atoms with Gasteiger partial charge in [-0.3, -0.25) is 19.3 Å². The van der Waals surface area contributed by atoms with Gasteiger partial charge >= 0.3 is 6.03 Å². The fourth-order valence-corrected chi connectivity index (χ4v) is 4.72. The van der Waals surface area contributed by atoms with E-state index in [4.69, 9.17) is 5.73 Å². The highest BCUT2D eigenvalue weighted by Gasteiger charge is 2.56. The van der Waals surface area contributed by atoms with Gasteiger partial charge in [0.05, 0.1) is 5.92 Å². The summed E-state index contributed by atoms with van der Waals surface area (Å²) in [6, 6.07) is -0.672. The number of rotatable bonds is 8. The van der Waals surface area contributed by atoms with E-state index < -0.39 is 12.2 Å². The summed E-state index contributed by atoms with van der Waals surface area (Å²) in [5.41, 5.74) is 8.32. The predicted octanol–water partition coefficient (Wildman–Crippen LogP) is 0.585. The van der Waals surface area contributed by atoms with Gasteiger partial charge in [-0.05, 0) is 44.9 Å². The molecule has 3 rings (SSSR count). The maximum atomic E-state index is 13.4. The molecular weight excluding hydrogens is 400 g/mol. The zero-order valence-corrected chi connectivity index (χ0v) is 19.0. The molecule has 5 amide bonds. The van der Waals surface area contributed by atoms with Crippen molar-refractivity contribution in [2.75, 3.05) is 13.1 Å². The third kappa shape index (κ3) is 4.78. The second kappa shape index (κ2) is 9.42. The highest BCUT2D eigenvalue weighted by atomic mass is 16.2. The smallest absolute Gasteiger partial charge is 0.337 e. The fourth-order valence-electron chi connectivity index (χ4n) is 4.72. The minimum Gasteiger partial charge on any atom is -0.368 e. The Hall–Kier alpha value is -2.36. The van der Waals surface area contributed by atoms with E-state index in [0.717, 1.165) is 12.8 Å². The molecule has 0 radical (unpaired) electrons. The number of hydrogen-bond acceptors (Lipinski definition) is 5. The lowest BCUT2D eigenvalue weighted by molar-refractivity contribution is -0.159. The number of nitrogens with one attached hydrogen (secondary N) is 2. The van der Waals surface area contributed by atoms with Gasteiger partial charge in [0, 0.05) is 24.5 Å². The van der Waals surface area contributed by atoms with E-state index in [0.29, 0.717) is 31.7 Å². The standard InChI is InChI=1S/C21H36N6O4/c1-5-13(4)23-18(29)14-6-7-15-16(10-14)27-20(24-26(21(27)31)11-17(22)28)25(19(15)30)9-8-12(2)3/h12-16,20,24H,5-11H2,1-4H3,(H2,22,28)(H,23,29). The van der Waals surface area contributed by atoms with Crippen LogP contribution in [0.2, 0.25) is 0 Å². The van der Waals surface area contributed by atoms with Gasteiger partial charge in [-0.1, -0.05) is 20.8 Å². The molecule has 0 aromatic rings. The van der Waals surface area contributed by atoms with Crippen molar-refractivity contribution in [1.29, 1.82) is 0 Å². The third-order valence-corrected chi connectivity index (χ3v) is 6.69. The van der Waals surface area contributed by atoms with Gasteiger partial charge in [0.25, 0.3) is 0 Å². The van der Waals surface area contributed by atoms with E-state index in [9.17, 15) is 19.2 Å². The van der Waals surface area contributed by atoms with Crippen LogP contribution in [0.15, 0.2) is 0 Å². The van der Waals surface area contributed by atoms with E-state index in [1.165, 1.54) is 5.01 Å². The Labute approximate surface area is 183 Å². The maximum Gasteiger partial charge on any atom is 0.337 e. The number of hydrogen-bond donors (Lipinski definition) is 3. The number of hydrazine groups is 1. The molecule has 0 aromatic carbocycles. The Balaban J connectivity index is 1.84. The van der Waals surface area contributed by atoms with Crippen molar-refractivity contribution >= 4 is 23.8 Å². The largest absolute Gasteiger partial charge is 0.368 e. The van der Waals surface area contributed by atoms with Crippen LogP contribution in [0.1, 0.15) is 59.8 Å². The van der Waals surface area contributed by atoms with Crippen LogP contribution in [0.25, 0.3) is 0 Å². The second-order valence-corrected chi connectivity index (χ2v) is 9.46. The first-order valence-electron chi connectivity index (χ1n) is 11.4. The summed E-state index contributed by atoms with van der Waals surface area (Å²) in [6.07, 6.45) is 2.61. The molecule has 3 aliphatic rings. The van der Waals surface area contributed by atoms with Crippen LogP contribution in [0.4, 0.5) is 4.79 Å². The second-order valence-electron chi connectivity index (χ2n) is 9.46. The van der Waals surface area contributed by atoms with Crippen LogP contribution in [0.3, 0.4) is 0 Å². The Morgan fingerprint density at radius 1 is 1.23 bits per heavy atom. The summed E-state index contributed by atoms with van der Waals surface area (Å²) in [5.74, 6) is -0.828. The van der Waals surface area contributed by atoms with E-state index in [1.807, 2.05) is 13.8 Å². The van der Waals surface area contributed by atoms with Gasteiger partial charge in [-0.2, -0.15) is 5.43 Å².